The van der Waals surface area contributed by atoms with Gasteiger partial charge >= 0.3 is 0 Å². The molecular weight excluding hydrogens is 409 g/mol. The van der Waals surface area contributed by atoms with Crippen LogP contribution in [0.5, 0.6) is 5.75 Å². The summed E-state index contributed by atoms with van der Waals surface area (Å²) in [7, 11) is 3.74. The van der Waals surface area contributed by atoms with Crippen molar-refractivity contribution < 1.29 is 14.2 Å². The van der Waals surface area contributed by atoms with Gasteiger partial charge in [-0.1, -0.05) is 0 Å². The lowest BCUT2D eigenvalue weighted by Crippen LogP contribution is -2.08. The van der Waals surface area contributed by atoms with E-state index in [9.17, 15) is 9.50 Å². The minimum absolute atomic E-state index is 0.334. The minimum atomic E-state index is -0.664. The zero-order valence-corrected chi connectivity index (χ0v) is 18.8. The fraction of sp³-hybridized carbons (Fsp3) is 0.333. The maximum atomic E-state index is 14.1. The molecule has 1 unspecified atom stereocenters. The molecule has 0 bridgehead atoms. The van der Waals surface area contributed by atoms with Crippen LogP contribution < -0.4 is 10.1 Å². The normalized spacial score (nSPS) is 12.4. The average molecular weight is 438 g/mol. The number of nitrogens with one attached hydrogen (secondary N) is 1. The van der Waals surface area contributed by atoms with Crippen LogP contribution in [0.15, 0.2) is 42.7 Å². The molecule has 0 saturated carbocycles. The Balaban J connectivity index is 1.61. The van der Waals surface area contributed by atoms with Gasteiger partial charge in [-0.15, -0.1) is 0 Å². The molecule has 168 valence electrons. The summed E-state index contributed by atoms with van der Waals surface area (Å²) >= 11 is 0. The van der Waals surface area contributed by atoms with Crippen molar-refractivity contribution in [2.75, 3.05) is 13.7 Å². The Morgan fingerprint density at radius 3 is 2.81 bits per heavy atom. The molecule has 0 spiro atoms. The predicted octanol–water partition coefficient (Wildman–Crippen LogP) is 3.58. The number of aromatic nitrogens is 4. The molecule has 1 aromatic carbocycles. The molecule has 32 heavy (non-hydrogen) atoms. The molecule has 0 aliphatic rings. The molecule has 0 fully saturated rings. The minimum Gasteiger partial charge on any atom is -0.492 e. The van der Waals surface area contributed by atoms with E-state index in [1.54, 1.807) is 17.7 Å². The summed E-state index contributed by atoms with van der Waals surface area (Å²) in [5.41, 5.74) is 6.17. The lowest BCUT2D eigenvalue weighted by Gasteiger charge is -2.13. The Morgan fingerprint density at radius 1 is 1.25 bits per heavy atom. The highest BCUT2D eigenvalue weighted by Gasteiger charge is 2.17. The quantitative estimate of drug-likeness (QED) is 0.441. The van der Waals surface area contributed by atoms with Gasteiger partial charge in [0.05, 0.1) is 30.3 Å². The number of nitrogens with zero attached hydrogens (tertiary/aromatic N) is 4. The van der Waals surface area contributed by atoms with Crippen LogP contribution in [0, 0.1) is 12.7 Å². The van der Waals surface area contributed by atoms with Gasteiger partial charge in [0.1, 0.15) is 17.2 Å². The van der Waals surface area contributed by atoms with Crippen molar-refractivity contribution in [1.82, 2.24) is 24.5 Å². The first-order valence-corrected chi connectivity index (χ1v) is 10.6. The lowest BCUT2D eigenvalue weighted by atomic mass is 10.1. The molecule has 0 aliphatic heterocycles. The molecule has 7 nitrogen and oxygen atoms in total. The van der Waals surface area contributed by atoms with Gasteiger partial charge in [-0.25, -0.2) is 9.37 Å². The van der Waals surface area contributed by atoms with Crippen LogP contribution in [0.2, 0.25) is 0 Å². The molecule has 3 heterocycles. The second-order valence-electron chi connectivity index (χ2n) is 7.91. The Kier molecular flexibility index (Phi) is 6.25. The number of hydrogen-bond donors (Lipinski definition) is 2. The third kappa shape index (κ3) is 4.24. The van der Waals surface area contributed by atoms with Gasteiger partial charge in [0.2, 0.25) is 0 Å². The van der Waals surface area contributed by atoms with E-state index in [1.807, 2.05) is 49.9 Å². The number of pyridine rings is 1. The first kappa shape index (κ1) is 22.0. The second-order valence-corrected chi connectivity index (χ2v) is 7.91. The number of imidazole rings is 1. The summed E-state index contributed by atoms with van der Waals surface area (Å²) in [6.07, 6.45) is 3.73. The van der Waals surface area contributed by atoms with E-state index in [4.69, 9.17) is 4.74 Å². The highest BCUT2D eigenvalue weighted by atomic mass is 19.1. The molecule has 0 saturated heterocycles. The molecule has 4 rings (SSSR count). The van der Waals surface area contributed by atoms with Gasteiger partial charge in [-0.05, 0) is 45.2 Å². The van der Waals surface area contributed by atoms with Crippen molar-refractivity contribution in [2.24, 2.45) is 7.05 Å². The van der Waals surface area contributed by atoms with E-state index in [0.29, 0.717) is 31.0 Å². The number of aliphatic hydroxyl groups excluding tert-OH is 1. The van der Waals surface area contributed by atoms with Crippen molar-refractivity contribution >= 4 is 5.65 Å². The first-order valence-electron chi connectivity index (χ1n) is 10.6. The smallest absolute Gasteiger partial charge is 0.136 e. The van der Waals surface area contributed by atoms with Crippen LogP contribution in [0.1, 0.15) is 35.7 Å². The van der Waals surface area contributed by atoms with E-state index in [1.165, 1.54) is 12.1 Å². The van der Waals surface area contributed by atoms with Crippen molar-refractivity contribution in [1.29, 1.82) is 0 Å². The zero-order chi connectivity index (χ0) is 22.8. The molecule has 0 radical (unpaired) electrons. The number of rotatable bonds is 8. The highest BCUT2D eigenvalue weighted by molar-refractivity contribution is 5.71. The standard InChI is InChI=1S/C24H28FN5O2/c1-15-20(24(16(2)31)28-29(15)4)9-10-32-22-11-18(25)6-7-21(22)17-5-8-23-27-13-19(12-26-3)30(23)14-17/h5-8,11,13-14,16,26,31H,9-10,12H2,1-4H3. The van der Waals surface area contributed by atoms with Crippen LogP contribution >= 0.6 is 0 Å². The van der Waals surface area contributed by atoms with Crippen molar-refractivity contribution in [2.45, 2.75) is 32.9 Å². The Hall–Kier alpha value is -3.23. The van der Waals surface area contributed by atoms with E-state index in [2.05, 4.69) is 15.4 Å². The Bertz CT molecular complexity index is 1240. The van der Waals surface area contributed by atoms with Crippen molar-refractivity contribution in [3.63, 3.8) is 0 Å². The van der Waals surface area contributed by atoms with Crippen LogP contribution in [-0.4, -0.2) is 37.9 Å². The van der Waals surface area contributed by atoms with Gasteiger partial charge in [0.15, 0.2) is 0 Å². The fourth-order valence-electron chi connectivity index (χ4n) is 3.94. The SMILES string of the molecule is CNCc1cnc2ccc(-c3ccc(F)cc3OCCc3c(C(C)O)nn(C)c3C)cn12. The molecular formula is C24H28FN5O2. The number of aliphatic hydroxyl groups is 1. The van der Waals surface area contributed by atoms with E-state index >= 15 is 0 Å². The maximum Gasteiger partial charge on any atom is 0.136 e. The summed E-state index contributed by atoms with van der Waals surface area (Å²) in [5, 5.41) is 17.6. The van der Waals surface area contributed by atoms with Gasteiger partial charge in [0.25, 0.3) is 0 Å². The fourth-order valence-corrected chi connectivity index (χ4v) is 3.94. The van der Waals surface area contributed by atoms with E-state index in [0.717, 1.165) is 33.7 Å². The van der Waals surface area contributed by atoms with Crippen LogP contribution in [0.3, 0.4) is 0 Å². The number of hydrogen-bond acceptors (Lipinski definition) is 5. The summed E-state index contributed by atoms with van der Waals surface area (Å²) in [5.74, 6) is 0.116. The maximum absolute atomic E-state index is 14.1. The number of ether oxygens (including phenoxy) is 1. The third-order valence-corrected chi connectivity index (χ3v) is 5.69. The molecule has 3 aromatic heterocycles. The van der Waals surface area contributed by atoms with Crippen LogP contribution in [0.4, 0.5) is 4.39 Å². The van der Waals surface area contributed by atoms with Gasteiger partial charge in [-0.3, -0.25) is 4.68 Å². The third-order valence-electron chi connectivity index (χ3n) is 5.69. The average Bonchev–Trinajstić information content (AvgIpc) is 3.29. The van der Waals surface area contributed by atoms with Gasteiger partial charge in [-0.2, -0.15) is 5.10 Å². The molecule has 8 heteroatoms. The van der Waals surface area contributed by atoms with Gasteiger partial charge < -0.3 is 19.6 Å². The van der Waals surface area contributed by atoms with Crippen LogP contribution in [0.25, 0.3) is 16.8 Å². The van der Waals surface area contributed by atoms with E-state index < -0.39 is 6.10 Å². The molecule has 2 N–H and O–H groups in total. The summed E-state index contributed by atoms with van der Waals surface area (Å²) in [6.45, 7) is 4.69. The molecule has 0 aliphatic carbocycles. The summed E-state index contributed by atoms with van der Waals surface area (Å²) < 4.78 is 23.9. The molecule has 1 atom stereocenters. The first-order chi connectivity index (χ1) is 15.4. The van der Waals surface area contributed by atoms with E-state index in [-0.39, 0.29) is 5.82 Å². The topological polar surface area (TPSA) is 76.6 Å². The van der Waals surface area contributed by atoms with Crippen molar-refractivity contribution in [3.8, 4) is 16.9 Å². The highest BCUT2D eigenvalue weighted by Crippen LogP contribution is 2.32. The van der Waals surface area contributed by atoms with Gasteiger partial charge in [0, 0.05) is 54.7 Å². The Morgan fingerprint density at radius 2 is 2.06 bits per heavy atom. The second kappa shape index (κ2) is 9.10. The Labute approximate surface area is 186 Å². The molecule has 4 aromatic rings. The van der Waals surface area contributed by atoms with Crippen LogP contribution in [-0.2, 0) is 20.0 Å². The predicted molar refractivity (Wildman–Crippen MR) is 121 cm³/mol. The summed E-state index contributed by atoms with van der Waals surface area (Å²) in [6, 6.07) is 8.48. The number of fused-ring (bicyclic) bond motifs is 1. The number of benzene rings is 1. The lowest BCUT2D eigenvalue weighted by molar-refractivity contribution is 0.192. The molecule has 0 amide bonds. The monoisotopic (exact) mass is 437 g/mol. The number of halogens is 1. The zero-order valence-electron chi connectivity index (χ0n) is 18.8. The summed E-state index contributed by atoms with van der Waals surface area (Å²) in [4.78, 5) is 4.43. The largest absolute Gasteiger partial charge is 0.492 e. The number of aryl methyl sites for hydroxylation is 1. The van der Waals surface area contributed by atoms with Crippen molar-refractivity contribution in [3.05, 3.63) is 71.2 Å².